The summed E-state index contributed by atoms with van der Waals surface area (Å²) in [5, 5.41) is 0. The van der Waals surface area contributed by atoms with Crippen molar-refractivity contribution in [2.24, 2.45) is 5.41 Å². The normalized spacial score (nSPS) is 29.7. The number of H-pyrrole nitrogens is 1. The maximum Gasteiger partial charge on any atom is 0.320 e. The van der Waals surface area contributed by atoms with Crippen molar-refractivity contribution in [1.82, 2.24) is 19.8 Å². The van der Waals surface area contributed by atoms with E-state index in [0.717, 1.165) is 56.4 Å². The minimum absolute atomic E-state index is 0.0354. The molecule has 2 amide bonds. The second-order valence-corrected chi connectivity index (χ2v) is 9.48. The standard InChI is InChI=1S/C22H30N4O/c1-21(2)19-12-15-11-17-18(24-14-23-17)13-16(15)22(21,3)7-10-26(19)20(27)25-8-5-4-6-9-25/h11,13-14,19H,4-10,12H2,1-3H3,(H,23,24)/t19-,22+/m1/s1. The Morgan fingerprint density at radius 2 is 1.93 bits per heavy atom. The molecule has 1 aromatic carbocycles. The van der Waals surface area contributed by atoms with E-state index in [0.29, 0.717) is 0 Å². The molecule has 1 N–H and O–H groups in total. The van der Waals surface area contributed by atoms with Crippen LogP contribution >= 0.6 is 0 Å². The summed E-state index contributed by atoms with van der Waals surface area (Å²) in [5.41, 5.74) is 5.08. The molecule has 0 spiro atoms. The Balaban J connectivity index is 1.56. The first kappa shape index (κ1) is 17.1. The number of imidazole rings is 1. The molecule has 0 radical (unpaired) electrons. The lowest BCUT2D eigenvalue weighted by molar-refractivity contribution is -0.0241. The van der Waals surface area contributed by atoms with Crippen LogP contribution in [-0.4, -0.2) is 51.5 Å². The van der Waals surface area contributed by atoms with Crippen LogP contribution < -0.4 is 0 Å². The maximum absolute atomic E-state index is 13.4. The van der Waals surface area contributed by atoms with Gasteiger partial charge in [-0.2, -0.15) is 0 Å². The lowest BCUT2D eigenvalue weighted by Gasteiger charge is -2.61. The molecule has 3 aliphatic rings. The van der Waals surface area contributed by atoms with Crippen LogP contribution in [0.4, 0.5) is 4.79 Å². The zero-order chi connectivity index (χ0) is 18.8. The SMILES string of the molecule is CC1(C)[C@H]2Cc3cc4[nH]cnc4cc3[C@]1(C)CCN2C(=O)N1CCCCC1. The molecule has 2 bridgehead atoms. The van der Waals surface area contributed by atoms with Crippen LogP contribution in [0.3, 0.4) is 0 Å². The van der Waals surface area contributed by atoms with Crippen LogP contribution in [0.25, 0.3) is 11.0 Å². The molecule has 1 aliphatic carbocycles. The summed E-state index contributed by atoms with van der Waals surface area (Å²) in [4.78, 5) is 25.4. The third-order valence-corrected chi connectivity index (χ3v) is 8.01. The molecule has 5 rings (SSSR count). The Kier molecular flexibility index (Phi) is 3.62. The smallest absolute Gasteiger partial charge is 0.320 e. The molecular formula is C22H30N4O. The van der Waals surface area contributed by atoms with Gasteiger partial charge >= 0.3 is 6.03 Å². The van der Waals surface area contributed by atoms with E-state index in [1.165, 1.54) is 17.5 Å². The fourth-order valence-electron chi connectivity index (χ4n) is 5.84. The Morgan fingerprint density at radius 3 is 2.70 bits per heavy atom. The minimum atomic E-state index is 0.0354. The highest BCUT2D eigenvalue weighted by Gasteiger charge is 2.57. The van der Waals surface area contributed by atoms with E-state index in [1.807, 2.05) is 0 Å². The van der Waals surface area contributed by atoms with E-state index in [4.69, 9.17) is 0 Å². The van der Waals surface area contributed by atoms with Crippen molar-refractivity contribution in [2.45, 2.75) is 64.3 Å². The summed E-state index contributed by atoms with van der Waals surface area (Å²) in [7, 11) is 0. The lowest BCUT2D eigenvalue weighted by atomic mass is 9.51. The highest BCUT2D eigenvalue weighted by molar-refractivity contribution is 5.79. The van der Waals surface area contributed by atoms with Crippen LogP contribution in [0.5, 0.6) is 0 Å². The number of carbonyl (C=O) groups excluding carboxylic acids is 1. The van der Waals surface area contributed by atoms with Gasteiger partial charge in [0.2, 0.25) is 0 Å². The summed E-state index contributed by atoms with van der Waals surface area (Å²) >= 11 is 0. The van der Waals surface area contributed by atoms with Gasteiger partial charge in [-0.15, -0.1) is 0 Å². The number of piperidine rings is 2. The fourth-order valence-corrected chi connectivity index (χ4v) is 5.84. The van der Waals surface area contributed by atoms with Crippen molar-refractivity contribution in [3.63, 3.8) is 0 Å². The second kappa shape index (κ2) is 5.73. The summed E-state index contributed by atoms with van der Waals surface area (Å²) < 4.78 is 0. The molecule has 1 aromatic heterocycles. The van der Waals surface area contributed by atoms with Crippen LogP contribution in [0.2, 0.25) is 0 Å². The van der Waals surface area contributed by atoms with Gasteiger partial charge in [0.05, 0.1) is 17.4 Å². The van der Waals surface area contributed by atoms with Crippen molar-refractivity contribution in [3.8, 4) is 0 Å². The number of nitrogens with one attached hydrogen (secondary N) is 1. The molecule has 2 saturated heterocycles. The van der Waals surface area contributed by atoms with Gasteiger partial charge in [-0.25, -0.2) is 9.78 Å². The van der Waals surface area contributed by atoms with Crippen LogP contribution in [0, 0.1) is 5.41 Å². The third kappa shape index (κ3) is 2.29. The molecule has 2 atom stereocenters. The molecule has 27 heavy (non-hydrogen) atoms. The summed E-state index contributed by atoms with van der Waals surface area (Å²) in [5.74, 6) is 0. The number of carbonyl (C=O) groups is 1. The molecule has 3 heterocycles. The van der Waals surface area contributed by atoms with Crippen LogP contribution in [0.1, 0.15) is 57.6 Å². The molecular weight excluding hydrogens is 336 g/mol. The van der Waals surface area contributed by atoms with Gasteiger partial charge in [0.1, 0.15) is 0 Å². The number of likely N-dealkylation sites (tertiary alicyclic amines) is 2. The summed E-state index contributed by atoms with van der Waals surface area (Å²) in [6, 6.07) is 5.08. The first-order valence-electron chi connectivity index (χ1n) is 10.4. The Bertz CT molecular complexity index is 895. The van der Waals surface area contributed by atoms with Crippen LogP contribution in [-0.2, 0) is 11.8 Å². The van der Waals surface area contributed by atoms with E-state index >= 15 is 0 Å². The number of hydrogen-bond donors (Lipinski definition) is 1. The first-order valence-corrected chi connectivity index (χ1v) is 10.4. The quantitative estimate of drug-likeness (QED) is 0.764. The van der Waals surface area contributed by atoms with E-state index < -0.39 is 0 Å². The summed E-state index contributed by atoms with van der Waals surface area (Å²) in [6.07, 6.45) is 7.27. The van der Waals surface area contributed by atoms with Crippen molar-refractivity contribution >= 4 is 17.1 Å². The number of nitrogens with zero attached hydrogens (tertiary/aromatic N) is 3. The number of amides is 2. The summed E-state index contributed by atoms with van der Waals surface area (Å²) in [6.45, 7) is 9.84. The minimum Gasteiger partial charge on any atom is -0.345 e. The Labute approximate surface area is 161 Å². The Hall–Kier alpha value is -2.04. The van der Waals surface area contributed by atoms with Gasteiger partial charge in [-0.05, 0) is 60.8 Å². The molecule has 5 heteroatoms. The van der Waals surface area contributed by atoms with Gasteiger partial charge in [-0.1, -0.05) is 20.8 Å². The lowest BCUT2D eigenvalue weighted by Crippen LogP contribution is -2.66. The third-order valence-electron chi connectivity index (χ3n) is 8.01. The van der Waals surface area contributed by atoms with Crippen molar-refractivity contribution in [3.05, 3.63) is 29.6 Å². The predicted molar refractivity (Wildman–Crippen MR) is 107 cm³/mol. The molecule has 0 unspecified atom stereocenters. The molecule has 5 nitrogen and oxygen atoms in total. The first-order chi connectivity index (χ1) is 12.9. The fraction of sp³-hybridized carbons (Fsp3) is 0.636. The zero-order valence-corrected chi connectivity index (χ0v) is 16.7. The molecule has 2 fully saturated rings. The largest absolute Gasteiger partial charge is 0.345 e. The maximum atomic E-state index is 13.4. The van der Waals surface area contributed by atoms with Gasteiger partial charge in [0, 0.05) is 31.1 Å². The van der Waals surface area contributed by atoms with Gasteiger partial charge in [-0.3, -0.25) is 0 Å². The number of rotatable bonds is 0. The molecule has 2 aromatic rings. The number of hydrogen-bond acceptors (Lipinski definition) is 2. The highest BCUT2D eigenvalue weighted by Crippen LogP contribution is 2.56. The number of aromatic amines is 1. The van der Waals surface area contributed by atoms with Gasteiger partial charge in [0.15, 0.2) is 0 Å². The predicted octanol–water partition coefficient (Wildman–Crippen LogP) is 4.08. The topological polar surface area (TPSA) is 52.2 Å². The monoisotopic (exact) mass is 366 g/mol. The number of urea groups is 1. The zero-order valence-electron chi connectivity index (χ0n) is 16.7. The number of aromatic nitrogens is 2. The van der Waals surface area contributed by atoms with Crippen molar-refractivity contribution in [1.29, 1.82) is 0 Å². The average Bonchev–Trinajstić information content (AvgIpc) is 3.11. The molecule has 144 valence electrons. The van der Waals surface area contributed by atoms with Gasteiger partial charge < -0.3 is 14.8 Å². The van der Waals surface area contributed by atoms with E-state index in [-0.39, 0.29) is 22.9 Å². The Morgan fingerprint density at radius 1 is 1.15 bits per heavy atom. The van der Waals surface area contributed by atoms with Crippen molar-refractivity contribution < 1.29 is 4.79 Å². The number of benzene rings is 1. The highest BCUT2D eigenvalue weighted by atomic mass is 16.2. The number of fused-ring (bicyclic) bond motifs is 5. The van der Waals surface area contributed by atoms with Crippen molar-refractivity contribution in [2.75, 3.05) is 19.6 Å². The van der Waals surface area contributed by atoms with E-state index in [2.05, 4.69) is 52.7 Å². The molecule has 0 saturated carbocycles. The van der Waals surface area contributed by atoms with E-state index in [9.17, 15) is 4.79 Å². The van der Waals surface area contributed by atoms with E-state index in [1.54, 1.807) is 6.33 Å². The molecule has 2 aliphatic heterocycles. The average molecular weight is 367 g/mol. The second-order valence-electron chi connectivity index (χ2n) is 9.48. The van der Waals surface area contributed by atoms with Crippen LogP contribution in [0.15, 0.2) is 18.5 Å². The van der Waals surface area contributed by atoms with Gasteiger partial charge in [0.25, 0.3) is 0 Å².